The maximum Gasteiger partial charge on any atom is 0.0964 e. The minimum atomic E-state index is 0.644. The van der Waals surface area contributed by atoms with Crippen LogP contribution in [0.1, 0.15) is 24.7 Å². The smallest absolute Gasteiger partial charge is 0.0964 e. The van der Waals surface area contributed by atoms with Crippen LogP contribution in [0, 0.1) is 0 Å². The number of pyridine rings is 1. The molecule has 108 valence electrons. The summed E-state index contributed by atoms with van der Waals surface area (Å²) in [6, 6.07) is 12.3. The largest absolute Gasteiger partial charge is 0.311 e. The molecule has 0 fully saturated rings. The van der Waals surface area contributed by atoms with Crippen molar-refractivity contribution >= 4 is 10.9 Å². The van der Waals surface area contributed by atoms with Crippen molar-refractivity contribution < 1.29 is 0 Å². The lowest BCUT2D eigenvalue weighted by atomic mass is 10.2. The number of hydrogen-bond acceptors (Lipinski definition) is 4. The van der Waals surface area contributed by atoms with Crippen LogP contribution < -0.4 is 5.32 Å². The highest BCUT2D eigenvalue weighted by molar-refractivity contribution is 5.78. The van der Waals surface area contributed by atoms with Crippen LogP contribution in [0.5, 0.6) is 0 Å². The first-order chi connectivity index (χ1) is 10.3. The molecule has 0 unspecified atom stereocenters. The van der Waals surface area contributed by atoms with Gasteiger partial charge in [-0.3, -0.25) is 4.98 Å². The molecule has 0 bridgehead atoms. The van der Waals surface area contributed by atoms with Crippen molar-refractivity contribution in [2.24, 2.45) is 0 Å². The molecule has 3 aromatic rings. The highest BCUT2D eigenvalue weighted by Crippen LogP contribution is 2.12. The van der Waals surface area contributed by atoms with E-state index in [-0.39, 0.29) is 0 Å². The first kappa shape index (κ1) is 13.7. The second-order valence-electron chi connectivity index (χ2n) is 5.08. The summed E-state index contributed by atoms with van der Waals surface area (Å²) in [5.74, 6) is 0. The highest BCUT2D eigenvalue weighted by atomic mass is 15.4. The first-order valence-electron chi connectivity index (χ1n) is 7.29. The molecule has 5 nitrogen and oxygen atoms in total. The van der Waals surface area contributed by atoms with E-state index in [0.29, 0.717) is 6.54 Å². The topological polar surface area (TPSA) is 55.6 Å². The Labute approximate surface area is 124 Å². The van der Waals surface area contributed by atoms with E-state index in [0.717, 1.165) is 41.8 Å². The van der Waals surface area contributed by atoms with Gasteiger partial charge in [0, 0.05) is 11.9 Å². The van der Waals surface area contributed by atoms with Crippen LogP contribution in [0.4, 0.5) is 0 Å². The van der Waals surface area contributed by atoms with Crippen LogP contribution in [0.15, 0.2) is 42.6 Å². The first-order valence-corrected chi connectivity index (χ1v) is 7.29. The average molecular weight is 281 g/mol. The lowest BCUT2D eigenvalue weighted by Crippen LogP contribution is -2.13. The number of nitrogens with zero attached hydrogens (tertiary/aromatic N) is 4. The molecule has 2 aromatic heterocycles. The van der Waals surface area contributed by atoms with E-state index in [1.807, 2.05) is 35.1 Å². The van der Waals surface area contributed by atoms with E-state index in [9.17, 15) is 0 Å². The molecule has 0 saturated heterocycles. The van der Waals surface area contributed by atoms with Gasteiger partial charge in [0.15, 0.2) is 0 Å². The standard InChI is InChI=1S/C16H19N5/c1-2-9-17-10-15-12-21(20-19-15)11-14-8-7-13-5-3-4-6-16(13)18-14/h3-8,12,17H,2,9-11H2,1H3. The Morgan fingerprint density at radius 2 is 2.00 bits per heavy atom. The molecule has 1 aromatic carbocycles. The lowest BCUT2D eigenvalue weighted by Gasteiger charge is -2.02. The van der Waals surface area contributed by atoms with Crippen molar-refractivity contribution in [3.05, 3.63) is 54.0 Å². The van der Waals surface area contributed by atoms with E-state index < -0.39 is 0 Å². The fourth-order valence-electron chi connectivity index (χ4n) is 2.25. The summed E-state index contributed by atoms with van der Waals surface area (Å²) in [4.78, 5) is 4.65. The maximum absolute atomic E-state index is 4.65. The molecule has 0 amide bonds. The molecule has 1 N–H and O–H groups in total. The summed E-state index contributed by atoms with van der Waals surface area (Å²) in [5.41, 5.74) is 2.97. The summed E-state index contributed by atoms with van der Waals surface area (Å²) in [7, 11) is 0. The summed E-state index contributed by atoms with van der Waals surface area (Å²) in [6.45, 7) is 4.55. The van der Waals surface area contributed by atoms with Crippen LogP contribution in [0.25, 0.3) is 10.9 Å². The second-order valence-corrected chi connectivity index (χ2v) is 5.08. The average Bonchev–Trinajstić information content (AvgIpc) is 2.95. The normalized spacial score (nSPS) is 11.1. The summed E-state index contributed by atoms with van der Waals surface area (Å²) in [6.07, 6.45) is 3.09. The zero-order chi connectivity index (χ0) is 14.5. The fraction of sp³-hybridized carbons (Fsp3) is 0.312. The Morgan fingerprint density at radius 3 is 2.90 bits per heavy atom. The highest BCUT2D eigenvalue weighted by Gasteiger charge is 2.03. The zero-order valence-corrected chi connectivity index (χ0v) is 12.2. The van der Waals surface area contributed by atoms with E-state index in [1.165, 1.54) is 0 Å². The van der Waals surface area contributed by atoms with Gasteiger partial charge in [0.05, 0.1) is 29.6 Å². The number of benzene rings is 1. The van der Waals surface area contributed by atoms with Gasteiger partial charge in [0.1, 0.15) is 0 Å². The van der Waals surface area contributed by atoms with E-state index >= 15 is 0 Å². The Morgan fingerprint density at radius 1 is 1.10 bits per heavy atom. The third-order valence-electron chi connectivity index (χ3n) is 3.30. The minimum absolute atomic E-state index is 0.644. The summed E-state index contributed by atoms with van der Waals surface area (Å²) >= 11 is 0. The monoisotopic (exact) mass is 281 g/mol. The molecule has 0 aliphatic rings. The van der Waals surface area contributed by atoms with Crippen molar-refractivity contribution in [3.63, 3.8) is 0 Å². The van der Waals surface area contributed by atoms with Crippen molar-refractivity contribution in [3.8, 4) is 0 Å². The Bertz CT molecular complexity index is 719. The predicted molar refractivity (Wildman–Crippen MR) is 82.9 cm³/mol. The van der Waals surface area contributed by atoms with Gasteiger partial charge >= 0.3 is 0 Å². The number of aromatic nitrogens is 4. The molecular weight excluding hydrogens is 262 g/mol. The lowest BCUT2D eigenvalue weighted by molar-refractivity contribution is 0.637. The van der Waals surface area contributed by atoms with Gasteiger partial charge in [-0.05, 0) is 25.1 Å². The molecule has 0 aliphatic heterocycles. The number of fused-ring (bicyclic) bond motifs is 1. The van der Waals surface area contributed by atoms with E-state index in [1.54, 1.807) is 0 Å². The quantitative estimate of drug-likeness (QED) is 0.705. The van der Waals surface area contributed by atoms with Gasteiger partial charge in [0.25, 0.3) is 0 Å². The van der Waals surface area contributed by atoms with Crippen LogP contribution >= 0.6 is 0 Å². The van der Waals surface area contributed by atoms with Crippen molar-refractivity contribution in [2.75, 3.05) is 6.54 Å². The SMILES string of the molecule is CCCNCc1cn(Cc2ccc3ccccc3n2)nn1. The molecule has 3 rings (SSSR count). The second kappa shape index (κ2) is 6.45. The zero-order valence-electron chi connectivity index (χ0n) is 12.2. The Hall–Kier alpha value is -2.27. The fourth-order valence-corrected chi connectivity index (χ4v) is 2.25. The van der Waals surface area contributed by atoms with Gasteiger partial charge in [-0.2, -0.15) is 0 Å². The molecule has 0 spiro atoms. The van der Waals surface area contributed by atoms with Crippen molar-refractivity contribution in [1.82, 2.24) is 25.3 Å². The molecule has 21 heavy (non-hydrogen) atoms. The van der Waals surface area contributed by atoms with Gasteiger partial charge in [-0.25, -0.2) is 4.68 Å². The Balaban J connectivity index is 1.70. The molecule has 5 heteroatoms. The van der Waals surface area contributed by atoms with Crippen molar-refractivity contribution in [1.29, 1.82) is 0 Å². The Kier molecular flexibility index (Phi) is 4.21. The number of para-hydroxylation sites is 1. The van der Waals surface area contributed by atoms with Gasteiger partial charge in [-0.15, -0.1) is 5.10 Å². The predicted octanol–water partition coefficient (Wildman–Crippen LogP) is 2.37. The molecule has 0 atom stereocenters. The van der Waals surface area contributed by atoms with Gasteiger partial charge < -0.3 is 5.32 Å². The van der Waals surface area contributed by atoms with Crippen LogP contribution in [-0.4, -0.2) is 26.5 Å². The maximum atomic E-state index is 4.65. The third kappa shape index (κ3) is 3.44. The van der Waals surface area contributed by atoms with Gasteiger partial charge in [0.2, 0.25) is 0 Å². The number of hydrogen-bond donors (Lipinski definition) is 1. The summed E-state index contributed by atoms with van der Waals surface area (Å²) < 4.78 is 1.83. The van der Waals surface area contributed by atoms with E-state index in [4.69, 9.17) is 0 Å². The minimum Gasteiger partial charge on any atom is -0.311 e. The third-order valence-corrected chi connectivity index (χ3v) is 3.30. The molecule has 0 radical (unpaired) electrons. The molecular formula is C16H19N5. The van der Waals surface area contributed by atoms with Gasteiger partial charge in [-0.1, -0.05) is 36.4 Å². The van der Waals surface area contributed by atoms with Crippen molar-refractivity contribution in [2.45, 2.75) is 26.4 Å². The molecule has 0 aliphatic carbocycles. The van der Waals surface area contributed by atoms with Crippen LogP contribution in [-0.2, 0) is 13.1 Å². The molecule has 2 heterocycles. The van der Waals surface area contributed by atoms with Crippen LogP contribution in [0.2, 0.25) is 0 Å². The summed E-state index contributed by atoms with van der Waals surface area (Å²) in [5, 5.41) is 12.8. The number of rotatable bonds is 6. The van der Waals surface area contributed by atoms with Crippen LogP contribution in [0.3, 0.4) is 0 Å². The van der Waals surface area contributed by atoms with E-state index in [2.05, 4.69) is 39.7 Å². The molecule has 0 saturated carbocycles. The number of nitrogens with one attached hydrogen (secondary N) is 1.